The second-order valence-corrected chi connectivity index (χ2v) is 8.80. The lowest BCUT2D eigenvalue weighted by Gasteiger charge is -2.23. The van der Waals surface area contributed by atoms with Crippen molar-refractivity contribution in [3.05, 3.63) is 36.4 Å². The van der Waals surface area contributed by atoms with Gasteiger partial charge >= 0.3 is 0 Å². The molecule has 0 aliphatic carbocycles. The zero-order chi connectivity index (χ0) is 12.7. The molecule has 0 radical (unpaired) electrons. The molecule has 96 valence electrons. The van der Waals surface area contributed by atoms with Gasteiger partial charge in [-0.05, 0) is 42.2 Å². The van der Waals surface area contributed by atoms with E-state index >= 15 is 0 Å². The van der Waals surface area contributed by atoms with Crippen molar-refractivity contribution in [1.82, 2.24) is 0 Å². The second kappa shape index (κ2) is 5.32. The highest BCUT2D eigenvalue weighted by Gasteiger charge is 2.22. The zero-order valence-electron chi connectivity index (χ0n) is 10.2. The third kappa shape index (κ3) is 2.33. The van der Waals surface area contributed by atoms with Gasteiger partial charge < -0.3 is 0 Å². The highest BCUT2D eigenvalue weighted by Crippen LogP contribution is 2.54. The Morgan fingerprint density at radius 2 is 1.16 bits per heavy atom. The van der Waals surface area contributed by atoms with Crippen LogP contribution in [0.1, 0.15) is 6.42 Å². The summed E-state index contributed by atoms with van der Waals surface area (Å²) < 4.78 is 0. The summed E-state index contributed by atoms with van der Waals surface area (Å²) in [5, 5.41) is 0. The molecule has 0 unspecified atom stereocenters. The molecule has 0 amide bonds. The highest BCUT2D eigenvalue weighted by atomic mass is 32.2. The number of hydrogen-bond acceptors (Lipinski definition) is 4. The Kier molecular flexibility index (Phi) is 3.52. The normalized spacial score (nSPS) is 17.1. The quantitative estimate of drug-likeness (QED) is 0.506. The molecule has 0 nitrogen and oxygen atoms in total. The number of benzene rings is 2. The molecule has 2 aliphatic heterocycles. The Balaban J connectivity index is 1.90. The van der Waals surface area contributed by atoms with Gasteiger partial charge in [0.05, 0.1) is 0 Å². The molecule has 0 N–H and O–H groups in total. The first-order chi connectivity index (χ1) is 9.42. The van der Waals surface area contributed by atoms with Crippen LogP contribution >= 0.6 is 47.0 Å². The van der Waals surface area contributed by atoms with E-state index in [1.807, 2.05) is 47.0 Å². The summed E-state index contributed by atoms with van der Waals surface area (Å²) in [7, 11) is 0. The average molecular weight is 321 g/mol. The van der Waals surface area contributed by atoms with Crippen LogP contribution < -0.4 is 0 Å². The van der Waals surface area contributed by atoms with Crippen LogP contribution in [-0.4, -0.2) is 11.5 Å². The second-order valence-electron chi connectivity index (χ2n) is 4.42. The Labute approximate surface area is 130 Å². The maximum atomic E-state index is 2.28. The van der Waals surface area contributed by atoms with E-state index in [4.69, 9.17) is 0 Å². The Morgan fingerprint density at radius 1 is 0.632 bits per heavy atom. The summed E-state index contributed by atoms with van der Waals surface area (Å²) in [6.45, 7) is 0. The molecule has 0 atom stereocenters. The van der Waals surface area contributed by atoms with Crippen molar-refractivity contribution in [1.29, 1.82) is 0 Å². The van der Waals surface area contributed by atoms with Crippen molar-refractivity contribution in [2.24, 2.45) is 0 Å². The van der Waals surface area contributed by atoms with E-state index < -0.39 is 0 Å². The summed E-state index contributed by atoms with van der Waals surface area (Å²) in [6, 6.07) is 13.5. The third-order valence-electron chi connectivity index (χ3n) is 3.11. The van der Waals surface area contributed by atoms with Crippen LogP contribution in [0.4, 0.5) is 0 Å². The predicted octanol–water partition coefficient (Wildman–Crippen LogP) is 5.89. The fourth-order valence-electron chi connectivity index (χ4n) is 2.22. The first-order valence-electron chi connectivity index (χ1n) is 6.29. The molecule has 0 spiro atoms. The lowest BCUT2D eigenvalue weighted by Crippen LogP contribution is -1.96. The third-order valence-corrected chi connectivity index (χ3v) is 8.33. The minimum atomic E-state index is 1.23. The topological polar surface area (TPSA) is 0 Å². The Morgan fingerprint density at radius 3 is 1.74 bits per heavy atom. The van der Waals surface area contributed by atoms with Crippen LogP contribution in [0.15, 0.2) is 65.8 Å². The Bertz CT molecular complexity index is 583. The minimum Gasteiger partial charge on any atom is -0.125 e. The van der Waals surface area contributed by atoms with Crippen LogP contribution in [0.3, 0.4) is 0 Å². The number of rotatable bonds is 0. The van der Waals surface area contributed by atoms with E-state index in [0.717, 1.165) is 0 Å². The van der Waals surface area contributed by atoms with Crippen molar-refractivity contribution in [3.8, 4) is 0 Å². The van der Waals surface area contributed by atoms with Gasteiger partial charge in [0.1, 0.15) is 0 Å². The van der Waals surface area contributed by atoms with Gasteiger partial charge in [0.2, 0.25) is 0 Å². The average Bonchev–Trinajstić information content (AvgIpc) is 2.45. The van der Waals surface area contributed by atoms with Gasteiger partial charge in [-0.15, -0.1) is 23.5 Å². The van der Waals surface area contributed by atoms with Crippen LogP contribution in [-0.2, 0) is 0 Å². The largest absolute Gasteiger partial charge is 0.125 e. The molecular formula is C15H12S4. The first-order valence-corrected chi connectivity index (χ1v) is 9.89. The van der Waals surface area contributed by atoms with Crippen LogP contribution in [0, 0.1) is 0 Å². The molecule has 2 heterocycles. The molecule has 2 aromatic carbocycles. The van der Waals surface area contributed by atoms with Gasteiger partial charge in [-0.3, -0.25) is 0 Å². The van der Waals surface area contributed by atoms with E-state index in [1.165, 1.54) is 47.3 Å². The lowest BCUT2D eigenvalue weighted by molar-refractivity contribution is 1.02. The molecule has 2 bridgehead atoms. The molecular weight excluding hydrogens is 308 g/mol. The van der Waals surface area contributed by atoms with Gasteiger partial charge in [-0.1, -0.05) is 35.7 Å². The molecule has 4 rings (SSSR count). The Hall–Kier alpha value is -0.160. The van der Waals surface area contributed by atoms with E-state index in [-0.39, 0.29) is 0 Å². The maximum Gasteiger partial charge on any atom is 0.0398 e. The minimum absolute atomic E-state index is 1.23. The van der Waals surface area contributed by atoms with Gasteiger partial charge in [0, 0.05) is 29.4 Å². The summed E-state index contributed by atoms with van der Waals surface area (Å²) >= 11 is 7.93. The summed E-state index contributed by atoms with van der Waals surface area (Å²) in [5.41, 5.74) is 0. The van der Waals surface area contributed by atoms with Crippen molar-refractivity contribution in [2.75, 3.05) is 11.5 Å². The molecule has 0 fully saturated rings. The van der Waals surface area contributed by atoms with Crippen molar-refractivity contribution in [2.45, 2.75) is 35.8 Å². The van der Waals surface area contributed by atoms with Crippen LogP contribution in [0.5, 0.6) is 0 Å². The van der Waals surface area contributed by atoms with Crippen molar-refractivity contribution < 1.29 is 0 Å². The summed E-state index contributed by atoms with van der Waals surface area (Å²) in [5.74, 6) is 2.45. The molecule has 0 saturated heterocycles. The maximum absolute atomic E-state index is 2.28. The molecule has 19 heavy (non-hydrogen) atoms. The summed E-state index contributed by atoms with van der Waals surface area (Å²) in [6.07, 6.45) is 1.28. The fraction of sp³-hybridized carbons (Fsp3) is 0.200. The van der Waals surface area contributed by atoms with Crippen LogP contribution in [0.2, 0.25) is 0 Å². The molecule has 0 aromatic heterocycles. The molecule has 2 aliphatic rings. The standard InChI is InChI=1S/C15H12S4/c1-4-10-14-12(6-1)18-13-7-2-5-11(15(13)19-14)17-9-3-8-16-10/h1-2,4-7H,3,8-9H2. The number of thioether (sulfide) groups is 2. The molecule has 2 aromatic rings. The summed E-state index contributed by atoms with van der Waals surface area (Å²) in [4.78, 5) is 8.71. The van der Waals surface area contributed by atoms with Crippen molar-refractivity contribution >= 4 is 47.0 Å². The lowest BCUT2D eigenvalue weighted by atomic mass is 10.3. The van der Waals surface area contributed by atoms with Gasteiger partial charge in [0.15, 0.2) is 0 Å². The SMILES string of the molecule is c1cc2c3c(c1)Sc1cccc(c1S3)SCCCS2. The molecule has 0 saturated carbocycles. The monoisotopic (exact) mass is 320 g/mol. The van der Waals surface area contributed by atoms with Crippen molar-refractivity contribution in [3.63, 3.8) is 0 Å². The van der Waals surface area contributed by atoms with E-state index in [9.17, 15) is 0 Å². The smallest absolute Gasteiger partial charge is 0.0398 e. The van der Waals surface area contributed by atoms with E-state index in [0.29, 0.717) is 0 Å². The van der Waals surface area contributed by atoms with Crippen LogP contribution in [0.25, 0.3) is 0 Å². The first kappa shape index (κ1) is 12.6. The van der Waals surface area contributed by atoms with Gasteiger partial charge in [-0.25, -0.2) is 0 Å². The number of hydrogen-bond donors (Lipinski definition) is 0. The van der Waals surface area contributed by atoms with Gasteiger partial charge in [0.25, 0.3) is 0 Å². The highest BCUT2D eigenvalue weighted by molar-refractivity contribution is 8.07. The fourth-order valence-corrected chi connectivity index (χ4v) is 7.30. The van der Waals surface area contributed by atoms with E-state index in [1.54, 1.807) is 0 Å². The zero-order valence-corrected chi connectivity index (χ0v) is 13.5. The molecule has 4 heteroatoms. The predicted molar refractivity (Wildman–Crippen MR) is 87.2 cm³/mol. The van der Waals surface area contributed by atoms with Gasteiger partial charge in [-0.2, -0.15) is 0 Å². The van der Waals surface area contributed by atoms with E-state index in [2.05, 4.69) is 36.4 Å².